The Hall–Kier alpha value is -3.10. The van der Waals surface area contributed by atoms with Gasteiger partial charge in [0, 0.05) is 11.4 Å². The third kappa shape index (κ3) is 15.7. The molecule has 0 saturated carbocycles. The van der Waals surface area contributed by atoms with E-state index in [1.165, 1.54) is 109 Å². The molecule has 2 rings (SSSR count). The van der Waals surface area contributed by atoms with E-state index in [1.807, 2.05) is 0 Å². The van der Waals surface area contributed by atoms with Gasteiger partial charge in [-0.1, -0.05) is 24.3 Å². The van der Waals surface area contributed by atoms with Crippen LogP contribution >= 0.6 is 0 Å². The zero-order valence-corrected chi connectivity index (χ0v) is 23.0. The van der Waals surface area contributed by atoms with Crippen LogP contribution in [0.25, 0.3) is 0 Å². The first-order valence-electron chi connectivity index (χ1n) is 12.5. The van der Waals surface area contributed by atoms with Crippen molar-refractivity contribution in [3.63, 3.8) is 0 Å². The van der Waals surface area contributed by atoms with Crippen molar-refractivity contribution in [1.29, 1.82) is 0 Å². The number of anilines is 2. The smallest absolute Gasteiger partial charge is 0.0782 e. The maximum atomic E-state index is 10.2. The number of aromatic carboxylic acids is 2. The number of hydrogen-bond donors (Lipinski definition) is 2. The highest BCUT2D eigenvalue weighted by Crippen LogP contribution is 2.08. The molecular formula is C28H46N4O4. The fourth-order valence-electron chi connectivity index (χ4n) is 2.99. The van der Waals surface area contributed by atoms with Gasteiger partial charge in [0.1, 0.15) is 0 Å². The van der Waals surface area contributed by atoms with Gasteiger partial charge < -0.3 is 40.2 Å². The number of quaternary nitrogens is 2. The summed E-state index contributed by atoms with van der Waals surface area (Å²) in [5.74, 6) is -2.36. The molecule has 0 aliphatic rings. The summed E-state index contributed by atoms with van der Waals surface area (Å²) >= 11 is 0. The van der Waals surface area contributed by atoms with Gasteiger partial charge >= 0.3 is 0 Å². The van der Waals surface area contributed by atoms with E-state index in [-0.39, 0.29) is 11.1 Å². The average Bonchev–Trinajstić information content (AvgIpc) is 2.82. The van der Waals surface area contributed by atoms with Crippen molar-refractivity contribution in [2.24, 2.45) is 0 Å². The number of rotatable bonds is 11. The van der Waals surface area contributed by atoms with E-state index in [0.717, 1.165) is 0 Å². The lowest BCUT2D eigenvalue weighted by atomic mass is 10.1. The number of carbonyl (C=O) groups excluding carboxylic acids is 2. The first-order valence-corrected chi connectivity index (χ1v) is 12.5. The third-order valence-corrected chi connectivity index (χ3v) is 6.28. The molecule has 0 unspecified atom stereocenters. The summed E-state index contributed by atoms with van der Waals surface area (Å²) in [5.41, 5.74) is 12.0. The quantitative estimate of drug-likeness (QED) is 0.274. The van der Waals surface area contributed by atoms with Crippen LogP contribution in [-0.4, -0.2) is 75.3 Å². The van der Waals surface area contributed by atoms with E-state index < -0.39 is 11.9 Å². The fourth-order valence-corrected chi connectivity index (χ4v) is 2.99. The molecule has 0 bridgehead atoms. The minimum Gasteiger partial charge on any atom is -0.545 e. The molecule has 36 heavy (non-hydrogen) atoms. The van der Waals surface area contributed by atoms with Crippen molar-refractivity contribution in [3.05, 3.63) is 59.7 Å². The van der Waals surface area contributed by atoms with Gasteiger partial charge in [-0.05, 0) is 74.9 Å². The summed E-state index contributed by atoms with van der Waals surface area (Å²) in [6.07, 6.45) is 5.59. The van der Waals surface area contributed by atoms with E-state index in [4.69, 9.17) is 11.5 Å². The summed E-state index contributed by atoms with van der Waals surface area (Å²) in [6, 6.07) is 11.7. The Morgan fingerprint density at radius 3 is 1.11 bits per heavy atom. The van der Waals surface area contributed by atoms with Crippen LogP contribution in [0.5, 0.6) is 0 Å². The number of nitrogens with zero attached hydrogens (tertiary/aromatic N) is 2. The van der Waals surface area contributed by atoms with Crippen LogP contribution in [0, 0.1) is 0 Å². The van der Waals surface area contributed by atoms with Crippen LogP contribution in [0.1, 0.15) is 60.2 Å². The van der Waals surface area contributed by atoms with Crippen molar-refractivity contribution < 1.29 is 28.8 Å². The number of benzene rings is 2. The van der Waals surface area contributed by atoms with Crippen LogP contribution in [0.15, 0.2) is 48.5 Å². The summed E-state index contributed by atoms with van der Waals surface area (Å²) < 4.78 is 2.35. The Bertz CT molecular complexity index is 819. The second kappa shape index (κ2) is 16.5. The number of carbonyl (C=O) groups is 2. The van der Waals surface area contributed by atoms with Crippen molar-refractivity contribution in [3.8, 4) is 0 Å². The molecule has 0 aliphatic heterocycles. The highest BCUT2D eigenvalue weighted by Gasteiger charge is 2.12. The van der Waals surface area contributed by atoms with Gasteiger partial charge in [0.15, 0.2) is 0 Å². The Kier molecular flexibility index (Phi) is 15.1. The van der Waals surface area contributed by atoms with Gasteiger partial charge in [-0.2, -0.15) is 0 Å². The normalized spacial score (nSPS) is 10.9. The molecule has 8 nitrogen and oxygen atoms in total. The van der Waals surface area contributed by atoms with E-state index in [0.29, 0.717) is 11.4 Å². The van der Waals surface area contributed by atoms with Crippen molar-refractivity contribution in [2.45, 2.75) is 39.5 Å². The topological polar surface area (TPSA) is 132 Å². The SMILES string of the molecule is CC[N+](C)(C)CCCCCC[N+](C)(C)CC.Nc1ccc(C(=O)[O-])cc1.Nc1ccc(C(=O)[O-])cc1. The number of carboxylic acids is 2. The molecule has 202 valence electrons. The van der Waals surface area contributed by atoms with Crippen LogP contribution in [0.2, 0.25) is 0 Å². The summed E-state index contributed by atoms with van der Waals surface area (Å²) in [7, 11) is 9.32. The van der Waals surface area contributed by atoms with Gasteiger partial charge in [-0.25, -0.2) is 0 Å². The summed E-state index contributed by atoms with van der Waals surface area (Å²) in [4.78, 5) is 20.3. The molecule has 0 atom stereocenters. The van der Waals surface area contributed by atoms with Gasteiger partial charge in [-0.15, -0.1) is 0 Å². The highest BCUT2D eigenvalue weighted by atomic mass is 16.4. The predicted octanol–water partition coefficient (Wildman–Crippen LogP) is 2.00. The van der Waals surface area contributed by atoms with Crippen LogP contribution in [0.4, 0.5) is 11.4 Å². The van der Waals surface area contributed by atoms with Crippen LogP contribution in [0.3, 0.4) is 0 Å². The summed E-state index contributed by atoms with van der Waals surface area (Å²) in [6.45, 7) is 9.73. The second-order valence-electron chi connectivity index (χ2n) is 10.2. The lowest BCUT2D eigenvalue weighted by molar-refractivity contribution is -0.889. The molecular weight excluding hydrogens is 456 g/mol. The Labute approximate surface area is 217 Å². The highest BCUT2D eigenvalue weighted by molar-refractivity contribution is 5.86. The number of nitrogen functional groups attached to an aromatic ring is 2. The molecule has 2 aromatic rings. The molecule has 0 spiro atoms. The fraction of sp³-hybridized carbons (Fsp3) is 0.500. The maximum Gasteiger partial charge on any atom is 0.0782 e. The largest absolute Gasteiger partial charge is 0.545 e. The Morgan fingerprint density at radius 1 is 0.611 bits per heavy atom. The third-order valence-electron chi connectivity index (χ3n) is 6.28. The predicted molar refractivity (Wildman–Crippen MR) is 144 cm³/mol. The molecule has 0 aliphatic carbocycles. The van der Waals surface area contributed by atoms with Gasteiger partial charge in [0.2, 0.25) is 0 Å². The molecule has 0 heterocycles. The van der Waals surface area contributed by atoms with E-state index >= 15 is 0 Å². The molecule has 4 N–H and O–H groups in total. The van der Waals surface area contributed by atoms with Gasteiger partial charge in [0.05, 0.1) is 66.3 Å². The van der Waals surface area contributed by atoms with Gasteiger partial charge in [-0.3, -0.25) is 0 Å². The molecule has 0 radical (unpaired) electrons. The first kappa shape index (κ1) is 32.9. The van der Waals surface area contributed by atoms with E-state index in [9.17, 15) is 19.8 Å². The zero-order chi connectivity index (χ0) is 27.8. The average molecular weight is 503 g/mol. The lowest BCUT2D eigenvalue weighted by Crippen LogP contribution is -2.40. The number of nitrogens with two attached hydrogens (primary N) is 2. The monoisotopic (exact) mass is 502 g/mol. The standard InChI is InChI=1S/C14H34N2.2C7H7NO2/c1-7-15(3,4)13-11-9-10-12-14-16(5,6)8-2;2*8-6-3-1-5(2-4-6)7(9)10/h7-14H2,1-6H3;2*1-4H,8H2,(H,9,10)/q+2;;/p-2. The van der Waals surface area contributed by atoms with Crippen LogP contribution in [-0.2, 0) is 0 Å². The lowest BCUT2D eigenvalue weighted by Gasteiger charge is -2.29. The van der Waals surface area contributed by atoms with Crippen LogP contribution < -0.4 is 21.7 Å². The first-order chi connectivity index (χ1) is 16.7. The summed E-state index contributed by atoms with van der Waals surface area (Å²) in [5, 5.41) is 20.3. The zero-order valence-electron chi connectivity index (χ0n) is 23.0. The Balaban J connectivity index is 0.000000532. The van der Waals surface area contributed by atoms with E-state index in [1.54, 1.807) is 0 Å². The molecule has 0 saturated heterocycles. The second-order valence-corrected chi connectivity index (χ2v) is 10.2. The van der Waals surface area contributed by atoms with Crippen molar-refractivity contribution in [1.82, 2.24) is 0 Å². The minimum atomic E-state index is -1.18. The Morgan fingerprint density at radius 2 is 0.889 bits per heavy atom. The molecule has 0 fully saturated rings. The molecule has 8 heteroatoms. The number of carboxylic acid groups (broad SMARTS) is 2. The minimum absolute atomic E-state index is 0.147. The molecule has 2 aromatic carbocycles. The molecule has 0 amide bonds. The van der Waals surface area contributed by atoms with Crippen molar-refractivity contribution >= 4 is 23.3 Å². The number of hydrogen-bond acceptors (Lipinski definition) is 6. The van der Waals surface area contributed by atoms with E-state index in [2.05, 4.69) is 42.0 Å². The van der Waals surface area contributed by atoms with Gasteiger partial charge in [0.25, 0.3) is 0 Å². The van der Waals surface area contributed by atoms with Crippen molar-refractivity contribution in [2.75, 3.05) is 65.8 Å². The molecule has 0 aromatic heterocycles. The number of unbranched alkanes of at least 4 members (excludes halogenated alkanes) is 3. The maximum absolute atomic E-state index is 10.2.